The fraction of sp³-hybridized carbons (Fsp3) is 1.00. The van der Waals surface area contributed by atoms with Crippen LogP contribution >= 0.6 is 0 Å². The maximum atomic E-state index is 9.02. The van der Waals surface area contributed by atoms with Crippen LogP contribution in [0.5, 0.6) is 0 Å². The third-order valence-electron chi connectivity index (χ3n) is 2.29. The van der Waals surface area contributed by atoms with E-state index >= 15 is 0 Å². The molecule has 2 heteroatoms. The lowest BCUT2D eigenvalue weighted by Gasteiger charge is -2.37. The molecule has 0 aromatic carbocycles. The highest BCUT2D eigenvalue weighted by Gasteiger charge is 2.22. The summed E-state index contributed by atoms with van der Waals surface area (Å²) >= 11 is 0. The number of rotatable bonds is 3. The van der Waals surface area contributed by atoms with Crippen molar-refractivity contribution in [3.8, 4) is 0 Å². The number of likely N-dealkylation sites (N-methyl/N-ethyl adjacent to an activating group) is 1. The van der Waals surface area contributed by atoms with Crippen LogP contribution in [0.4, 0.5) is 0 Å². The fourth-order valence-corrected chi connectivity index (χ4v) is 1.07. The van der Waals surface area contributed by atoms with E-state index in [1.807, 2.05) is 0 Å². The molecule has 2 nitrogen and oxygen atoms in total. The van der Waals surface area contributed by atoms with Crippen LogP contribution in [0.15, 0.2) is 0 Å². The van der Waals surface area contributed by atoms with E-state index in [9.17, 15) is 0 Å². The normalized spacial score (nSPS) is 15.5. The monoisotopic (exact) mass is 159 g/mol. The molecule has 0 amide bonds. The van der Waals surface area contributed by atoms with Crippen LogP contribution in [0, 0.1) is 0 Å². The molecule has 0 aliphatic heterocycles. The molecule has 0 heterocycles. The number of aliphatic hydroxyl groups excluding tert-OH is 1. The van der Waals surface area contributed by atoms with Gasteiger partial charge < -0.3 is 5.11 Å². The molecule has 1 unspecified atom stereocenters. The molecule has 0 rings (SSSR count). The minimum absolute atomic E-state index is 0.156. The van der Waals surface area contributed by atoms with Gasteiger partial charge in [-0.05, 0) is 34.2 Å². The summed E-state index contributed by atoms with van der Waals surface area (Å²) in [4.78, 5) is 2.22. The largest absolute Gasteiger partial charge is 0.395 e. The van der Waals surface area contributed by atoms with Crippen LogP contribution in [0.2, 0.25) is 0 Å². The Kier molecular flexibility index (Phi) is 4.04. The molecule has 11 heavy (non-hydrogen) atoms. The van der Waals surface area contributed by atoms with Gasteiger partial charge in [0.15, 0.2) is 0 Å². The zero-order valence-corrected chi connectivity index (χ0v) is 8.39. The van der Waals surface area contributed by atoms with Gasteiger partial charge in [-0.3, -0.25) is 4.90 Å². The first-order valence-electron chi connectivity index (χ1n) is 4.27. The van der Waals surface area contributed by atoms with Gasteiger partial charge in [-0.1, -0.05) is 6.92 Å². The van der Waals surface area contributed by atoms with E-state index in [1.165, 1.54) is 0 Å². The van der Waals surface area contributed by atoms with Gasteiger partial charge >= 0.3 is 0 Å². The van der Waals surface area contributed by atoms with Gasteiger partial charge in [0.2, 0.25) is 0 Å². The Balaban J connectivity index is 4.09. The molecule has 0 fully saturated rings. The average molecular weight is 159 g/mol. The van der Waals surface area contributed by atoms with Gasteiger partial charge in [0.05, 0.1) is 6.61 Å². The quantitative estimate of drug-likeness (QED) is 0.674. The van der Waals surface area contributed by atoms with E-state index < -0.39 is 0 Å². The lowest BCUT2D eigenvalue weighted by Crippen LogP contribution is -2.46. The summed E-state index contributed by atoms with van der Waals surface area (Å²) in [5, 5.41) is 9.02. The van der Waals surface area contributed by atoms with Crippen LogP contribution in [-0.2, 0) is 0 Å². The first-order chi connectivity index (χ1) is 4.93. The molecule has 0 aromatic rings. The number of aliphatic hydroxyl groups is 1. The van der Waals surface area contributed by atoms with E-state index in [0.717, 1.165) is 6.42 Å². The van der Waals surface area contributed by atoms with Crippen molar-refractivity contribution in [2.45, 2.75) is 45.7 Å². The molecule has 0 aliphatic rings. The number of hydrogen-bond donors (Lipinski definition) is 1. The van der Waals surface area contributed by atoms with Crippen molar-refractivity contribution >= 4 is 0 Å². The lowest BCUT2D eigenvalue weighted by atomic mass is 10.0. The van der Waals surface area contributed by atoms with Gasteiger partial charge in [-0.15, -0.1) is 0 Å². The standard InChI is InChI=1S/C9H21NO/c1-6-8(7-11)10(5)9(2,3)4/h8,11H,6-7H2,1-5H3. The second-order valence-electron chi connectivity index (χ2n) is 4.03. The first kappa shape index (κ1) is 10.9. The first-order valence-corrected chi connectivity index (χ1v) is 4.27. The van der Waals surface area contributed by atoms with Crippen molar-refractivity contribution in [1.82, 2.24) is 4.90 Å². The smallest absolute Gasteiger partial charge is 0.0586 e. The molecule has 0 spiro atoms. The maximum Gasteiger partial charge on any atom is 0.0586 e. The summed E-state index contributed by atoms with van der Waals surface area (Å²) < 4.78 is 0. The SMILES string of the molecule is CCC(CO)N(C)C(C)(C)C. The Morgan fingerprint density at radius 1 is 1.36 bits per heavy atom. The third kappa shape index (κ3) is 3.21. The predicted molar refractivity (Wildman–Crippen MR) is 48.7 cm³/mol. The second-order valence-corrected chi connectivity index (χ2v) is 4.03. The van der Waals surface area contributed by atoms with Gasteiger partial charge in [0, 0.05) is 11.6 Å². The Hall–Kier alpha value is -0.0800. The summed E-state index contributed by atoms with van der Waals surface area (Å²) in [6.07, 6.45) is 1.00. The topological polar surface area (TPSA) is 23.5 Å². The van der Waals surface area contributed by atoms with E-state index in [4.69, 9.17) is 5.11 Å². The molecular formula is C9H21NO. The van der Waals surface area contributed by atoms with Gasteiger partial charge in [0.1, 0.15) is 0 Å². The van der Waals surface area contributed by atoms with Crippen molar-refractivity contribution in [1.29, 1.82) is 0 Å². The molecule has 0 bridgehead atoms. The van der Waals surface area contributed by atoms with Gasteiger partial charge in [-0.25, -0.2) is 0 Å². The lowest BCUT2D eigenvalue weighted by molar-refractivity contribution is 0.0699. The van der Waals surface area contributed by atoms with E-state index in [2.05, 4.69) is 39.6 Å². The molecule has 1 N–H and O–H groups in total. The molecule has 0 radical (unpaired) electrons. The van der Waals surface area contributed by atoms with Crippen LogP contribution in [-0.4, -0.2) is 35.2 Å². The van der Waals surface area contributed by atoms with E-state index in [0.29, 0.717) is 6.04 Å². The molecule has 1 atom stereocenters. The highest BCUT2D eigenvalue weighted by atomic mass is 16.3. The second kappa shape index (κ2) is 4.07. The molecular weight excluding hydrogens is 138 g/mol. The summed E-state index contributed by atoms with van der Waals surface area (Å²) in [7, 11) is 2.06. The van der Waals surface area contributed by atoms with Crippen LogP contribution in [0.25, 0.3) is 0 Å². The Labute approximate surface area is 70.2 Å². The maximum absolute atomic E-state index is 9.02. The van der Waals surface area contributed by atoms with Crippen molar-refractivity contribution in [2.75, 3.05) is 13.7 Å². The Morgan fingerprint density at radius 2 is 1.82 bits per heavy atom. The van der Waals surface area contributed by atoms with E-state index in [1.54, 1.807) is 0 Å². The van der Waals surface area contributed by atoms with Crippen molar-refractivity contribution < 1.29 is 5.11 Å². The summed E-state index contributed by atoms with van der Waals surface area (Å²) in [6, 6.07) is 0.301. The highest BCUT2D eigenvalue weighted by Crippen LogP contribution is 2.15. The Bertz CT molecular complexity index is 103. The van der Waals surface area contributed by atoms with Crippen molar-refractivity contribution in [3.05, 3.63) is 0 Å². The summed E-state index contributed by atoms with van der Waals surface area (Å²) in [5.41, 5.74) is 0.156. The van der Waals surface area contributed by atoms with E-state index in [-0.39, 0.29) is 12.1 Å². The van der Waals surface area contributed by atoms with Crippen LogP contribution < -0.4 is 0 Å². The zero-order valence-electron chi connectivity index (χ0n) is 8.39. The molecule has 0 saturated heterocycles. The third-order valence-corrected chi connectivity index (χ3v) is 2.29. The van der Waals surface area contributed by atoms with Crippen molar-refractivity contribution in [2.24, 2.45) is 0 Å². The zero-order chi connectivity index (χ0) is 9.07. The van der Waals surface area contributed by atoms with Gasteiger partial charge in [0.25, 0.3) is 0 Å². The van der Waals surface area contributed by atoms with Crippen LogP contribution in [0.3, 0.4) is 0 Å². The molecule has 0 aliphatic carbocycles. The van der Waals surface area contributed by atoms with Crippen LogP contribution in [0.1, 0.15) is 34.1 Å². The summed E-state index contributed by atoms with van der Waals surface area (Å²) in [5.74, 6) is 0. The molecule has 68 valence electrons. The predicted octanol–water partition coefficient (Wildman–Crippen LogP) is 1.49. The van der Waals surface area contributed by atoms with Gasteiger partial charge in [-0.2, -0.15) is 0 Å². The average Bonchev–Trinajstić information content (AvgIpc) is 1.88. The number of hydrogen-bond acceptors (Lipinski definition) is 2. The molecule has 0 saturated carbocycles. The number of nitrogens with zero attached hydrogens (tertiary/aromatic N) is 1. The highest BCUT2D eigenvalue weighted by molar-refractivity contribution is 4.78. The summed E-state index contributed by atoms with van der Waals surface area (Å²) in [6.45, 7) is 8.83. The minimum atomic E-state index is 0.156. The minimum Gasteiger partial charge on any atom is -0.395 e. The van der Waals surface area contributed by atoms with Crippen molar-refractivity contribution in [3.63, 3.8) is 0 Å². The fourth-order valence-electron chi connectivity index (χ4n) is 1.07. The molecule has 0 aromatic heterocycles. The Morgan fingerprint density at radius 3 is 1.91 bits per heavy atom.